The molecule has 4 rings (SSSR count). The molecular weight excluding hydrogens is 382 g/mol. The van der Waals surface area contributed by atoms with Crippen LogP contribution < -0.4 is 5.73 Å². The number of aromatic nitrogens is 3. The predicted molar refractivity (Wildman–Crippen MR) is 114 cm³/mol. The molecule has 0 radical (unpaired) electrons. The van der Waals surface area contributed by atoms with Crippen molar-refractivity contribution in [3.8, 4) is 17.1 Å². The van der Waals surface area contributed by atoms with Gasteiger partial charge in [0.1, 0.15) is 11.6 Å². The van der Waals surface area contributed by atoms with E-state index in [1.165, 1.54) is 6.42 Å². The van der Waals surface area contributed by atoms with Crippen LogP contribution in [0.25, 0.3) is 17.1 Å². The summed E-state index contributed by atoms with van der Waals surface area (Å²) >= 11 is 0. The molecule has 0 atom stereocenters. The van der Waals surface area contributed by atoms with Gasteiger partial charge in [0.15, 0.2) is 0 Å². The summed E-state index contributed by atoms with van der Waals surface area (Å²) in [5.74, 6) is 0.481. The van der Waals surface area contributed by atoms with Crippen LogP contribution in [0.2, 0.25) is 0 Å². The minimum atomic E-state index is -0.833. The van der Waals surface area contributed by atoms with E-state index in [4.69, 9.17) is 15.6 Å². The van der Waals surface area contributed by atoms with Gasteiger partial charge in [0.05, 0.1) is 0 Å². The van der Waals surface area contributed by atoms with E-state index in [0.29, 0.717) is 11.4 Å². The van der Waals surface area contributed by atoms with Crippen LogP contribution in [0.4, 0.5) is 5.82 Å². The molecule has 0 bridgehead atoms. The van der Waals surface area contributed by atoms with Crippen molar-refractivity contribution >= 4 is 17.7 Å². The molecule has 1 saturated heterocycles. The third-order valence-electron chi connectivity index (χ3n) is 4.69. The number of pyridine rings is 1. The van der Waals surface area contributed by atoms with E-state index in [9.17, 15) is 4.79 Å². The van der Waals surface area contributed by atoms with Crippen LogP contribution in [-0.4, -0.2) is 49.5 Å². The molecule has 1 aliphatic rings. The minimum absolute atomic E-state index is 0.0985. The van der Waals surface area contributed by atoms with Gasteiger partial charge in [-0.05, 0) is 49.6 Å². The number of nitrogens with zero attached hydrogens (tertiary/aromatic N) is 4. The SMILES string of the molecule is CC(=O)O.Nc1cc(-c2nccn2-c2cccc(C(=O)N3CCCCC3)c2)ccn1. The Labute approximate surface area is 175 Å². The van der Waals surface area contributed by atoms with Crippen LogP contribution in [0, 0.1) is 0 Å². The molecule has 3 N–H and O–H groups in total. The number of rotatable bonds is 3. The maximum Gasteiger partial charge on any atom is 0.300 e. The normalized spacial score (nSPS) is 13.3. The number of hydrogen-bond acceptors (Lipinski definition) is 5. The second-order valence-corrected chi connectivity index (χ2v) is 7.01. The largest absolute Gasteiger partial charge is 0.481 e. The first-order valence-electron chi connectivity index (χ1n) is 9.80. The summed E-state index contributed by atoms with van der Waals surface area (Å²) in [6.45, 7) is 2.77. The predicted octanol–water partition coefficient (Wildman–Crippen LogP) is 3.23. The number of likely N-dealkylation sites (tertiary alicyclic amines) is 1. The lowest BCUT2D eigenvalue weighted by Gasteiger charge is -2.26. The number of carbonyl (C=O) groups is 2. The second-order valence-electron chi connectivity index (χ2n) is 7.01. The summed E-state index contributed by atoms with van der Waals surface area (Å²) in [6.07, 6.45) is 8.67. The zero-order chi connectivity index (χ0) is 21.5. The molecule has 1 aliphatic heterocycles. The Bertz CT molecular complexity index is 1020. The fourth-order valence-corrected chi connectivity index (χ4v) is 3.38. The summed E-state index contributed by atoms with van der Waals surface area (Å²) in [7, 11) is 0. The van der Waals surface area contributed by atoms with Gasteiger partial charge in [0.2, 0.25) is 0 Å². The van der Waals surface area contributed by atoms with Crippen molar-refractivity contribution in [3.63, 3.8) is 0 Å². The molecule has 30 heavy (non-hydrogen) atoms. The summed E-state index contributed by atoms with van der Waals surface area (Å²) in [5, 5.41) is 7.42. The van der Waals surface area contributed by atoms with Gasteiger partial charge in [0.25, 0.3) is 11.9 Å². The molecule has 156 valence electrons. The average molecular weight is 407 g/mol. The van der Waals surface area contributed by atoms with Crippen molar-refractivity contribution < 1.29 is 14.7 Å². The number of carboxylic acid groups (broad SMARTS) is 1. The molecule has 1 fully saturated rings. The number of carboxylic acids is 1. The average Bonchev–Trinajstić information content (AvgIpc) is 3.24. The van der Waals surface area contributed by atoms with Crippen LogP contribution in [0.15, 0.2) is 55.0 Å². The minimum Gasteiger partial charge on any atom is -0.481 e. The molecule has 0 saturated carbocycles. The highest BCUT2D eigenvalue weighted by Gasteiger charge is 2.19. The number of hydrogen-bond donors (Lipinski definition) is 2. The van der Waals surface area contributed by atoms with Gasteiger partial charge in [0, 0.05) is 55.4 Å². The Morgan fingerprint density at radius 2 is 1.77 bits per heavy atom. The Hall–Kier alpha value is -3.68. The molecule has 0 unspecified atom stereocenters. The molecule has 8 nitrogen and oxygen atoms in total. The van der Waals surface area contributed by atoms with E-state index in [2.05, 4.69) is 9.97 Å². The fraction of sp³-hybridized carbons (Fsp3) is 0.273. The Morgan fingerprint density at radius 1 is 1.03 bits per heavy atom. The number of nitrogen functional groups attached to an aromatic ring is 1. The molecule has 2 aromatic heterocycles. The summed E-state index contributed by atoms with van der Waals surface area (Å²) in [6, 6.07) is 11.4. The van der Waals surface area contributed by atoms with Crippen LogP contribution in [0.1, 0.15) is 36.5 Å². The molecule has 3 heterocycles. The van der Waals surface area contributed by atoms with Crippen molar-refractivity contribution in [2.45, 2.75) is 26.2 Å². The summed E-state index contributed by atoms with van der Waals surface area (Å²) < 4.78 is 1.96. The Balaban J connectivity index is 0.000000589. The lowest BCUT2D eigenvalue weighted by molar-refractivity contribution is -0.134. The van der Waals surface area contributed by atoms with Crippen LogP contribution >= 0.6 is 0 Å². The Morgan fingerprint density at radius 3 is 2.47 bits per heavy atom. The number of amides is 1. The summed E-state index contributed by atoms with van der Waals surface area (Å²) in [5.41, 5.74) is 8.29. The number of imidazole rings is 1. The zero-order valence-corrected chi connectivity index (χ0v) is 16.9. The highest BCUT2D eigenvalue weighted by Crippen LogP contribution is 2.23. The van der Waals surface area contributed by atoms with Crippen LogP contribution in [-0.2, 0) is 4.79 Å². The van der Waals surface area contributed by atoms with E-state index >= 15 is 0 Å². The molecule has 0 aliphatic carbocycles. The number of piperidine rings is 1. The van der Waals surface area contributed by atoms with Crippen LogP contribution in [0.5, 0.6) is 0 Å². The second kappa shape index (κ2) is 9.69. The van der Waals surface area contributed by atoms with Crippen molar-refractivity contribution in [2.75, 3.05) is 18.8 Å². The van der Waals surface area contributed by atoms with Gasteiger partial charge in [-0.25, -0.2) is 9.97 Å². The van der Waals surface area contributed by atoms with E-state index in [0.717, 1.165) is 49.9 Å². The molecule has 0 spiro atoms. The lowest BCUT2D eigenvalue weighted by Crippen LogP contribution is -2.35. The number of carbonyl (C=O) groups excluding carboxylic acids is 1. The monoisotopic (exact) mass is 407 g/mol. The molecule has 3 aromatic rings. The third kappa shape index (κ3) is 5.22. The first kappa shape index (κ1) is 21.0. The van der Waals surface area contributed by atoms with Crippen LogP contribution in [0.3, 0.4) is 0 Å². The van der Waals surface area contributed by atoms with E-state index in [1.807, 2.05) is 46.0 Å². The van der Waals surface area contributed by atoms with Gasteiger partial charge in [-0.3, -0.25) is 14.2 Å². The maximum atomic E-state index is 12.8. The number of anilines is 1. The number of nitrogens with two attached hydrogens (primary N) is 1. The third-order valence-corrected chi connectivity index (χ3v) is 4.69. The topological polar surface area (TPSA) is 114 Å². The molecule has 1 amide bonds. The quantitative estimate of drug-likeness (QED) is 0.689. The van der Waals surface area contributed by atoms with Crippen molar-refractivity contribution in [1.29, 1.82) is 0 Å². The molecule has 1 aromatic carbocycles. The van der Waals surface area contributed by atoms with E-state index < -0.39 is 5.97 Å². The van der Waals surface area contributed by atoms with E-state index in [-0.39, 0.29) is 5.91 Å². The van der Waals surface area contributed by atoms with Gasteiger partial charge in [-0.2, -0.15) is 0 Å². The first-order chi connectivity index (χ1) is 14.5. The standard InChI is InChI=1S/C20H21N5O.C2H4O2/c21-18-14-15(7-8-22-18)19-23-9-12-25(19)17-6-4-5-16(13-17)20(26)24-10-2-1-3-11-24;1-2(3)4/h4-9,12-14H,1-3,10-11H2,(H2,21,22);1H3,(H,3,4). The first-order valence-corrected chi connectivity index (χ1v) is 9.80. The molecule has 8 heteroatoms. The van der Waals surface area contributed by atoms with Crippen molar-refractivity contribution in [2.24, 2.45) is 0 Å². The smallest absolute Gasteiger partial charge is 0.300 e. The zero-order valence-electron chi connectivity index (χ0n) is 16.9. The van der Waals surface area contributed by atoms with Gasteiger partial charge >= 0.3 is 0 Å². The number of benzene rings is 1. The fourth-order valence-electron chi connectivity index (χ4n) is 3.38. The molecular formula is C22H25N5O3. The van der Waals surface area contributed by atoms with Gasteiger partial charge in [-0.1, -0.05) is 6.07 Å². The summed E-state index contributed by atoms with van der Waals surface area (Å²) in [4.78, 5) is 32.2. The lowest BCUT2D eigenvalue weighted by atomic mass is 10.1. The van der Waals surface area contributed by atoms with Crippen molar-refractivity contribution in [3.05, 3.63) is 60.6 Å². The van der Waals surface area contributed by atoms with Gasteiger partial charge in [-0.15, -0.1) is 0 Å². The highest BCUT2D eigenvalue weighted by atomic mass is 16.4. The maximum absolute atomic E-state index is 12.8. The highest BCUT2D eigenvalue weighted by molar-refractivity contribution is 5.94. The van der Waals surface area contributed by atoms with Crippen molar-refractivity contribution in [1.82, 2.24) is 19.4 Å². The number of aliphatic carboxylic acids is 1. The van der Waals surface area contributed by atoms with Gasteiger partial charge < -0.3 is 15.7 Å². The van der Waals surface area contributed by atoms with E-state index in [1.54, 1.807) is 18.5 Å². The Kier molecular flexibility index (Phi) is 6.79.